The lowest BCUT2D eigenvalue weighted by atomic mass is 10.0. The lowest BCUT2D eigenvalue weighted by molar-refractivity contribution is 0.0732. The second-order valence-electron chi connectivity index (χ2n) is 8.01. The van der Waals surface area contributed by atoms with Crippen LogP contribution >= 0.6 is 0 Å². The predicted molar refractivity (Wildman–Crippen MR) is 113 cm³/mol. The molecule has 28 heavy (non-hydrogen) atoms. The highest BCUT2D eigenvalue weighted by Crippen LogP contribution is 2.18. The quantitative estimate of drug-likeness (QED) is 0.530. The van der Waals surface area contributed by atoms with Crippen LogP contribution in [0.2, 0.25) is 0 Å². The van der Waals surface area contributed by atoms with Gasteiger partial charge in [0, 0.05) is 25.7 Å². The standard InChI is InChI=1S/C23H36N2O3/c1-3-4-5-6-7-8-9-10-11-19-12-14-20(15-13-19)22(26)24(2)21-16-17-25(18-21)23(27)28/h12-15,21H,3-11,16-18H2,1-2H3,(H,27,28)/t21-/m1/s1. The van der Waals surface area contributed by atoms with Crippen molar-refractivity contribution in [3.63, 3.8) is 0 Å². The normalized spacial score (nSPS) is 16.4. The number of aryl methyl sites for hydroxylation is 1. The number of likely N-dealkylation sites (tertiary alicyclic amines) is 1. The van der Waals surface area contributed by atoms with Gasteiger partial charge in [-0.3, -0.25) is 4.79 Å². The summed E-state index contributed by atoms with van der Waals surface area (Å²) in [5.41, 5.74) is 1.96. The highest BCUT2D eigenvalue weighted by atomic mass is 16.4. The van der Waals surface area contributed by atoms with E-state index in [2.05, 4.69) is 19.1 Å². The summed E-state index contributed by atoms with van der Waals surface area (Å²) < 4.78 is 0. The molecule has 1 aromatic rings. The third-order valence-electron chi connectivity index (χ3n) is 5.82. The molecule has 5 nitrogen and oxygen atoms in total. The van der Waals surface area contributed by atoms with E-state index < -0.39 is 6.09 Å². The van der Waals surface area contributed by atoms with Gasteiger partial charge < -0.3 is 14.9 Å². The van der Waals surface area contributed by atoms with Crippen LogP contribution in [0.5, 0.6) is 0 Å². The van der Waals surface area contributed by atoms with Crippen molar-refractivity contribution in [1.82, 2.24) is 9.80 Å². The summed E-state index contributed by atoms with van der Waals surface area (Å²) in [5, 5.41) is 9.07. The van der Waals surface area contributed by atoms with Gasteiger partial charge >= 0.3 is 6.09 Å². The molecule has 0 aromatic heterocycles. The van der Waals surface area contributed by atoms with Gasteiger partial charge in [-0.2, -0.15) is 0 Å². The Morgan fingerprint density at radius 3 is 2.21 bits per heavy atom. The second kappa shape index (κ2) is 11.7. The number of unbranched alkanes of at least 4 members (excludes halogenated alkanes) is 7. The van der Waals surface area contributed by atoms with Gasteiger partial charge in [-0.15, -0.1) is 0 Å². The van der Waals surface area contributed by atoms with E-state index in [-0.39, 0.29) is 11.9 Å². The number of hydrogen-bond donors (Lipinski definition) is 1. The summed E-state index contributed by atoms with van der Waals surface area (Å²) >= 11 is 0. The molecule has 2 rings (SSSR count). The second-order valence-corrected chi connectivity index (χ2v) is 8.01. The lowest BCUT2D eigenvalue weighted by Gasteiger charge is -2.24. The van der Waals surface area contributed by atoms with Crippen molar-refractivity contribution in [3.05, 3.63) is 35.4 Å². The van der Waals surface area contributed by atoms with Crippen LogP contribution in [0.25, 0.3) is 0 Å². The van der Waals surface area contributed by atoms with Crippen LogP contribution < -0.4 is 0 Å². The first-order valence-corrected chi connectivity index (χ1v) is 10.9. The molecule has 1 fully saturated rings. The van der Waals surface area contributed by atoms with E-state index in [0.717, 1.165) is 6.42 Å². The van der Waals surface area contributed by atoms with Crippen LogP contribution in [0.15, 0.2) is 24.3 Å². The molecule has 1 N–H and O–H groups in total. The van der Waals surface area contributed by atoms with Crippen molar-refractivity contribution < 1.29 is 14.7 Å². The third-order valence-corrected chi connectivity index (χ3v) is 5.82. The molecule has 0 bridgehead atoms. The molecule has 1 saturated heterocycles. The molecular weight excluding hydrogens is 352 g/mol. The number of carbonyl (C=O) groups excluding carboxylic acids is 1. The number of carboxylic acid groups (broad SMARTS) is 1. The molecule has 1 atom stereocenters. The van der Waals surface area contributed by atoms with Gasteiger partial charge in [0.05, 0.1) is 6.04 Å². The van der Waals surface area contributed by atoms with Crippen molar-refractivity contribution >= 4 is 12.0 Å². The molecule has 0 unspecified atom stereocenters. The zero-order valence-electron chi connectivity index (χ0n) is 17.5. The van der Waals surface area contributed by atoms with Crippen LogP contribution in [0.3, 0.4) is 0 Å². The zero-order valence-corrected chi connectivity index (χ0v) is 17.5. The summed E-state index contributed by atoms with van der Waals surface area (Å²) in [6.45, 7) is 3.14. The molecule has 0 saturated carbocycles. The highest BCUT2D eigenvalue weighted by Gasteiger charge is 2.31. The minimum Gasteiger partial charge on any atom is -0.465 e. The molecule has 0 aliphatic carbocycles. The number of nitrogens with zero attached hydrogens (tertiary/aromatic N) is 2. The van der Waals surface area contributed by atoms with Gasteiger partial charge in [-0.1, -0.05) is 64.0 Å². The number of hydrogen-bond acceptors (Lipinski definition) is 2. The number of likely N-dealkylation sites (N-methyl/N-ethyl adjacent to an activating group) is 1. The summed E-state index contributed by atoms with van der Waals surface area (Å²) in [7, 11) is 1.77. The zero-order chi connectivity index (χ0) is 20.4. The smallest absolute Gasteiger partial charge is 0.407 e. The van der Waals surface area contributed by atoms with Gasteiger partial charge in [0.15, 0.2) is 0 Å². The van der Waals surface area contributed by atoms with Crippen LogP contribution in [0.1, 0.15) is 80.6 Å². The van der Waals surface area contributed by atoms with Crippen LogP contribution in [-0.4, -0.2) is 53.1 Å². The van der Waals surface area contributed by atoms with Crippen LogP contribution in [-0.2, 0) is 6.42 Å². The first-order chi connectivity index (χ1) is 13.5. The first-order valence-electron chi connectivity index (χ1n) is 10.9. The van der Waals surface area contributed by atoms with Gasteiger partial charge in [-0.25, -0.2) is 4.79 Å². The fourth-order valence-electron chi connectivity index (χ4n) is 3.88. The molecule has 1 aliphatic heterocycles. The van der Waals surface area contributed by atoms with E-state index in [4.69, 9.17) is 5.11 Å². The Hall–Kier alpha value is -2.04. The summed E-state index contributed by atoms with van der Waals surface area (Å²) in [4.78, 5) is 26.8. The Bertz CT molecular complexity index is 615. The minimum absolute atomic E-state index is 0.0316. The molecule has 156 valence electrons. The maximum atomic E-state index is 12.7. The average Bonchev–Trinajstić information content (AvgIpc) is 3.20. The van der Waals surface area contributed by atoms with E-state index in [0.29, 0.717) is 25.1 Å². The molecule has 2 amide bonds. The SMILES string of the molecule is CCCCCCCCCCc1ccc(C(=O)N(C)[C@@H]2CCN(C(=O)O)C2)cc1. The third kappa shape index (κ3) is 6.84. The average molecular weight is 389 g/mol. The summed E-state index contributed by atoms with van der Waals surface area (Å²) in [6.07, 6.45) is 11.4. The lowest BCUT2D eigenvalue weighted by Crippen LogP contribution is -2.39. The number of benzene rings is 1. The molecule has 1 heterocycles. The largest absolute Gasteiger partial charge is 0.465 e. The highest BCUT2D eigenvalue weighted by molar-refractivity contribution is 5.94. The maximum Gasteiger partial charge on any atom is 0.407 e. The van der Waals surface area contributed by atoms with E-state index in [1.807, 2.05) is 12.1 Å². The maximum absolute atomic E-state index is 12.7. The molecule has 0 radical (unpaired) electrons. The van der Waals surface area contributed by atoms with E-state index in [1.165, 1.54) is 61.8 Å². The Morgan fingerprint density at radius 1 is 1.04 bits per heavy atom. The fourth-order valence-corrected chi connectivity index (χ4v) is 3.88. The van der Waals surface area contributed by atoms with Crippen molar-refractivity contribution in [1.29, 1.82) is 0 Å². The number of amides is 2. The number of rotatable bonds is 11. The molecule has 1 aliphatic rings. The molecular formula is C23H36N2O3. The monoisotopic (exact) mass is 388 g/mol. The Kier molecular flexibility index (Phi) is 9.32. The van der Waals surface area contributed by atoms with E-state index >= 15 is 0 Å². The van der Waals surface area contributed by atoms with Crippen molar-refractivity contribution in [2.75, 3.05) is 20.1 Å². The fraction of sp³-hybridized carbons (Fsp3) is 0.652. The molecule has 0 spiro atoms. The Balaban J connectivity index is 1.71. The Morgan fingerprint density at radius 2 is 1.64 bits per heavy atom. The Labute approximate surface area is 169 Å². The van der Waals surface area contributed by atoms with Crippen molar-refractivity contribution in [2.45, 2.75) is 77.2 Å². The summed E-state index contributed by atoms with van der Waals surface area (Å²) in [6, 6.07) is 7.88. The predicted octanol–water partition coefficient (Wildman–Crippen LogP) is 5.19. The first kappa shape index (κ1) is 22.3. The summed E-state index contributed by atoms with van der Waals surface area (Å²) in [5.74, 6) is -0.0316. The van der Waals surface area contributed by atoms with Gasteiger partial charge in [-0.05, 0) is 37.0 Å². The van der Waals surface area contributed by atoms with Crippen LogP contribution in [0.4, 0.5) is 4.79 Å². The van der Waals surface area contributed by atoms with Crippen LogP contribution in [0, 0.1) is 0 Å². The van der Waals surface area contributed by atoms with Gasteiger partial charge in [0.1, 0.15) is 0 Å². The van der Waals surface area contributed by atoms with Gasteiger partial charge in [0.25, 0.3) is 5.91 Å². The topological polar surface area (TPSA) is 60.9 Å². The van der Waals surface area contributed by atoms with Crippen molar-refractivity contribution in [3.8, 4) is 0 Å². The van der Waals surface area contributed by atoms with Gasteiger partial charge in [0.2, 0.25) is 0 Å². The minimum atomic E-state index is -0.909. The van der Waals surface area contributed by atoms with E-state index in [9.17, 15) is 9.59 Å². The molecule has 1 aromatic carbocycles. The van der Waals surface area contributed by atoms with Crippen molar-refractivity contribution in [2.24, 2.45) is 0 Å². The van der Waals surface area contributed by atoms with E-state index in [1.54, 1.807) is 11.9 Å². The number of carbonyl (C=O) groups is 2. The molecule has 5 heteroatoms.